The highest BCUT2D eigenvalue weighted by atomic mass is 32.2. The van der Waals surface area contributed by atoms with Crippen molar-refractivity contribution in [1.29, 1.82) is 0 Å². The van der Waals surface area contributed by atoms with Gasteiger partial charge in [-0.2, -0.15) is 0 Å². The van der Waals surface area contributed by atoms with Crippen molar-refractivity contribution >= 4 is 45.6 Å². The zero-order valence-electron chi connectivity index (χ0n) is 21.7. The van der Waals surface area contributed by atoms with Gasteiger partial charge in [0.05, 0.1) is 5.41 Å². The molecule has 0 unspecified atom stereocenters. The molecule has 0 bridgehead atoms. The van der Waals surface area contributed by atoms with Gasteiger partial charge in [-0.05, 0) is 85.7 Å². The largest absolute Gasteiger partial charge is 0.340 e. The Morgan fingerprint density at radius 1 is 1.03 bits per heavy atom. The number of thioether (sulfide) groups is 1. The third-order valence-corrected chi connectivity index (χ3v) is 9.23. The molecule has 1 aliphatic carbocycles. The summed E-state index contributed by atoms with van der Waals surface area (Å²) in [4.78, 5) is 23.2. The van der Waals surface area contributed by atoms with Gasteiger partial charge in [0, 0.05) is 50.2 Å². The van der Waals surface area contributed by atoms with Crippen molar-refractivity contribution in [2.45, 2.75) is 61.5 Å². The lowest BCUT2D eigenvalue weighted by atomic mass is 9.77. The molecule has 0 atom stereocenters. The molecule has 2 aliphatic rings. The highest BCUT2D eigenvalue weighted by Gasteiger charge is 2.43. The molecule has 6 rings (SSSR count). The molecule has 6 heteroatoms. The van der Waals surface area contributed by atoms with Crippen LogP contribution in [0.4, 0.5) is 17.2 Å². The smallest absolute Gasteiger partial charge is 0.235 e. The third kappa shape index (κ3) is 4.52. The van der Waals surface area contributed by atoms with Crippen LogP contribution in [0.2, 0.25) is 0 Å². The van der Waals surface area contributed by atoms with E-state index in [1.165, 1.54) is 24.2 Å². The fraction of sp³-hybridized carbons (Fsp3) is 0.281. The highest BCUT2D eigenvalue weighted by molar-refractivity contribution is 8.00. The van der Waals surface area contributed by atoms with Gasteiger partial charge in [0.2, 0.25) is 5.91 Å². The second kappa shape index (κ2) is 10.2. The molecule has 4 aromatic rings. The van der Waals surface area contributed by atoms with E-state index in [1.54, 1.807) is 6.20 Å². The fourth-order valence-corrected chi connectivity index (χ4v) is 6.52. The van der Waals surface area contributed by atoms with Crippen LogP contribution in [-0.2, 0) is 10.2 Å². The second-order valence-corrected chi connectivity index (χ2v) is 11.4. The van der Waals surface area contributed by atoms with Gasteiger partial charge in [-0.15, -0.1) is 11.8 Å². The molecule has 2 N–H and O–H groups in total. The number of nitrogens with zero attached hydrogens (tertiary/aromatic N) is 2. The van der Waals surface area contributed by atoms with E-state index in [4.69, 9.17) is 0 Å². The minimum Gasteiger partial charge on any atom is -0.340 e. The molecular weight excluding hydrogens is 488 g/mol. The Morgan fingerprint density at radius 2 is 1.84 bits per heavy atom. The number of amides is 1. The van der Waals surface area contributed by atoms with Crippen molar-refractivity contribution in [2.24, 2.45) is 0 Å². The molecule has 1 fully saturated rings. The van der Waals surface area contributed by atoms with Crippen LogP contribution in [0.3, 0.4) is 0 Å². The normalized spacial score (nSPS) is 15.8. The first-order valence-corrected chi connectivity index (χ1v) is 14.2. The molecule has 2 aromatic heterocycles. The zero-order valence-corrected chi connectivity index (χ0v) is 22.5. The number of carbonyl (C=O) groups excluding carboxylic acids is 1. The van der Waals surface area contributed by atoms with E-state index in [9.17, 15) is 4.79 Å². The lowest BCUT2D eigenvalue weighted by Crippen LogP contribution is -2.32. The van der Waals surface area contributed by atoms with Gasteiger partial charge in [-0.1, -0.05) is 32.3 Å². The van der Waals surface area contributed by atoms with Gasteiger partial charge in [-0.25, -0.2) is 9.97 Å². The van der Waals surface area contributed by atoms with Crippen molar-refractivity contribution in [3.05, 3.63) is 83.8 Å². The predicted octanol–water partition coefficient (Wildman–Crippen LogP) is 7.43. The van der Waals surface area contributed by atoms with Gasteiger partial charge >= 0.3 is 0 Å². The fourth-order valence-electron chi connectivity index (χ4n) is 5.27. The first-order valence-electron chi connectivity index (χ1n) is 13.3. The maximum Gasteiger partial charge on any atom is 0.235 e. The summed E-state index contributed by atoms with van der Waals surface area (Å²) < 4.78 is 0. The van der Waals surface area contributed by atoms with Crippen molar-refractivity contribution in [3.63, 3.8) is 0 Å². The molecule has 3 heterocycles. The summed E-state index contributed by atoms with van der Waals surface area (Å²) >= 11 is 1.97. The topological polar surface area (TPSA) is 66.9 Å². The Labute approximate surface area is 227 Å². The Kier molecular flexibility index (Phi) is 6.55. The molecule has 38 heavy (non-hydrogen) atoms. The van der Waals surface area contributed by atoms with Gasteiger partial charge in [-0.3, -0.25) is 4.79 Å². The number of anilines is 3. The van der Waals surface area contributed by atoms with E-state index in [-0.39, 0.29) is 5.91 Å². The average molecular weight is 519 g/mol. The summed E-state index contributed by atoms with van der Waals surface area (Å²) in [6.07, 6.45) is 9.18. The second-order valence-electron chi connectivity index (χ2n) is 10.0. The number of pyridine rings is 2. The standard InChI is InChI=1S/C32H30N4OS/c1-3-32(4-2)27-14-8-21(18-29(27)36-31(32)37)9-15-28-26-19-30(34-20-22(26)16-17-33-28)35-23-10-12-25(13-11-23)38-24-6-5-7-24/h8,10-14,16-20,24H,3-7H2,1-2H3,(H,34,35)(H,36,37). The minimum absolute atomic E-state index is 0.0811. The summed E-state index contributed by atoms with van der Waals surface area (Å²) in [6.45, 7) is 4.14. The van der Waals surface area contributed by atoms with Gasteiger partial charge in [0.15, 0.2) is 0 Å². The molecule has 5 nitrogen and oxygen atoms in total. The van der Waals surface area contributed by atoms with Gasteiger partial charge < -0.3 is 10.6 Å². The van der Waals surface area contributed by atoms with Crippen molar-refractivity contribution < 1.29 is 4.79 Å². The number of aromatic nitrogens is 2. The number of hydrogen-bond acceptors (Lipinski definition) is 5. The number of hydrogen-bond donors (Lipinski definition) is 2. The molecule has 190 valence electrons. The van der Waals surface area contributed by atoms with Crippen LogP contribution >= 0.6 is 11.8 Å². The average Bonchev–Trinajstić information content (AvgIpc) is 3.20. The highest BCUT2D eigenvalue weighted by Crippen LogP contribution is 2.43. The van der Waals surface area contributed by atoms with Crippen molar-refractivity contribution in [2.75, 3.05) is 10.6 Å². The number of benzene rings is 2. The molecule has 2 aromatic carbocycles. The van der Waals surface area contributed by atoms with Crippen LogP contribution in [-0.4, -0.2) is 21.1 Å². The van der Waals surface area contributed by atoms with Crippen LogP contribution in [0.15, 0.2) is 71.9 Å². The molecular formula is C32H30N4OS. The van der Waals surface area contributed by atoms with E-state index in [0.29, 0.717) is 5.69 Å². The number of nitrogens with one attached hydrogen (secondary N) is 2. The van der Waals surface area contributed by atoms with Crippen LogP contribution < -0.4 is 10.6 Å². The Hall–Kier alpha value is -3.82. The lowest BCUT2D eigenvalue weighted by molar-refractivity contribution is -0.121. The molecule has 0 spiro atoms. The van der Waals surface area contributed by atoms with E-state index in [0.717, 1.165) is 57.2 Å². The Morgan fingerprint density at radius 3 is 2.58 bits per heavy atom. The first-order chi connectivity index (χ1) is 18.6. The van der Waals surface area contributed by atoms with E-state index in [1.807, 2.05) is 48.3 Å². The Balaban J connectivity index is 1.24. The minimum atomic E-state index is -0.440. The van der Waals surface area contributed by atoms with Crippen LogP contribution in [0.1, 0.15) is 62.8 Å². The van der Waals surface area contributed by atoms with E-state index >= 15 is 0 Å². The quantitative estimate of drug-likeness (QED) is 0.260. The monoisotopic (exact) mass is 518 g/mol. The first kappa shape index (κ1) is 24.5. The summed E-state index contributed by atoms with van der Waals surface area (Å²) in [5.74, 6) is 7.34. The summed E-state index contributed by atoms with van der Waals surface area (Å²) in [6, 6.07) is 18.5. The third-order valence-electron chi connectivity index (χ3n) is 7.88. The number of fused-ring (bicyclic) bond motifs is 2. The summed E-state index contributed by atoms with van der Waals surface area (Å²) in [7, 11) is 0. The van der Waals surface area contributed by atoms with E-state index < -0.39 is 5.41 Å². The lowest BCUT2D eigenvalue weighted by Gasteiger charge is -2.24. The zero-order chi connectivity index (χ0) is 26.1. The van der Waals surface area contributed by atoms with Crippen LogP contribution in [0.5, 0.6) is 0 Å². The van der Waals surface area contributed by atoms with Crippen molar-refractivity contribution in [3.8, 4) is 11.8 Å². The van der Waals surface area contributed by atoms with Crippen LogP contribution in [0, 0.1) is 11.8 Å². The molecule has 1 amide bonds. The van der Waals surface area contributed by atoms with Gasteiger partial charge in [0.25, 0.3) is 0 Å². The number of rotatable bonds is 6. The summed E-state index contributed by atoms with van der Waals surface area (Å²) in [5.41, 5.74) is 4.04. The van der Waals surface area contributed by atoms with Gasteiger partial charge in [0.1, 0.15) is 11.5 Å². The summed E-state index contributed by atoms with van der Waals surface area (Å²) in [5, 5.41) is 9.19. The maximum atomic E-state index is 12.7. The molecule has 1 saturated carbocycles. The SMILES string of the molecule is CCC1(CC)C(=O)Nc2cc(C#Cc3nccc4cnc(Nc5ccc(SC6CCC6)cc5)cc34)ccc21. The molecule has 0 radical (unpaired) electrons. The number of carbonyl (C=O) groups is 1. The van der Waals surface area contributed by atoms with E-state index in [2.05, 4.69) is 70.6 Å². The Bertz CT molecular complexity index is 1580. The molecule has 0 saturated heterocycles. The van der Waals surface area contributed by atoms with Crippen LogP contribution in [0.25, 0.3) is 10.8 Å². The molecule has 1 aliphatic heterocycles. The maximum absolute atomic E-state index is 12.7. The van der Waals surface area contributed by atoms with Crippen molar-refractivity contribution in [1.82, 2.24) is 9.97 Å². The predicted molar refractivity (Wildman–Crippen MR) is 156 cm³/mol.